The molecule has 0 saturated heterocycles. The summed E-state index contributed by atoms with van der Waals surface area (Å²) in [4.78, 5) is 17.1. The van der Waals surface area contributed by atoms with Crippen molar-refractivity contribution in [2.45, 2.75) is 37.8 Å². The summed E-state index contributed by atoms with van der Waals surface area (Å²) in [5.41, 5.74) is 3.44. The Hall–Kier alpha value is -2.36. The number of benzene rings is 2. The molecule has 2 aromatic rings. The summed E-state index contributed by atoms with van der Waals surface area (Å²) < 4.78 is 26.4. The van der Waals surface area contributed by atoms with Gasteiger partial charge in [0.2, 0.25) is 0 Å². The van der Waals surface area contributed by atoms with Crippen molar-refractivity contribution in [3.8, 4) is 0 Å². The van der Waals surface area contributed by atoms with Crippen molar-refractivity contribution in [3.05, 3.63) is 65.0 Å². The summed E-state index contributed by atoms with van der Waals surface area (Å²) in [6, 6.07) is 12.0. The number of halogens is 2. The van der Waals surface area contributed by atoms with E-state index in [-0.39, 0.29) is 23.4 Å². The molecule has 128 valence electrons. The van der Waals surface area contributed by atoms with Crippen LogP contribution in [0.25, 0.3) is 0 Å². The number of rotatable bonds is 3. The maximum atomic E-state index is 13.3. The number of carbonyl (C=O) groups is 1. The number of ketones is 1. The third-order valence-electron chi connectivity index (χ3n) is 5.27. The minimum Gasteiger partial charge on any atom is -0.294 e. The number of fused-ring (bicyclic) bond motifs is 1. The SMILES string of the molecule is O=C(c1ccc2c(c1)N=CC2c1ccc(F)cc1)C1CCC(F)CC1. The predicted molar refractivity (Wildman–Crippen MR) is 94.0 cm³/mol. The van der Waals surface area contributed by atoms with E-state index < -0.39 is 6.17 Å². The van der Waals surface area contributed by atoms with Gasteiger partial charge in [0.05, 0.1) is 5.69 Å². The summed E-state index contributed by atoms with van der Waals surface area (Å²) >= 11 is 0. The summed E-state index contributed by atoms with van der Waals surface area (Å²) in [7, 11) is 0. The fraction of sp³-hybridized carbons (Fsp3) is 0.333. The minimum absolute atomic E-state index is 0.0123. The second kappa shape index (κ2) is 6.51. The van der Waals surface area contributed by atoms with Crippen LogP contribution >= 0.6 is 0 Å². The molecule has 1 fully saturated rings. The van der Waals surface area contributed by atoms with Crippen molar-refractivity contribution in [1.29, 1.82) is 0 Å². The molecule has 0 bridgehead atoms. The smallest absolute Gasteiger partial charge is 0.166 e. The topological polar surface area (TPSA) is 29.4 Å². The van der Waals surface area contributed by atoms with Gasteiger partial charge in [-0.3, -0.25) is 9.79 Å². The van der Waals surface area contributed by atoms with Gasteiger partial charge in [-0.25, -0.2) is 8.78 Å². The summed E-state index contributed by atoms with van der Waals surface area (Å²) in [6.07, 6.45) is 3.28. The molecular weight excluding hydrogens is 320 g/mol. The summed E-state index contributed by atoms with van der Waals surface area (Å²) in [6.45, 7) is 0. The number of aliphatic imine (C=N–C) groups is 1. The van der Waals surface area contributed by atoms with Gasteiger partial charge in [0, 0.05) is 23.6 Å². The van der Waals surface area contributed by atoms with Gasteiger partial charge in [0.15, 0.2) is 5.78 Å². The predicted octanol–water partition coefficient (Wildman–Crippen LogP) is 5.38. The van der Waals surface area contributed by atoms with E-state index in [9.17, 15) is 13.6 Å². The highest BCUT2D eigenvalue weighted by atomic mass is 19.1. The normalized spacial score (nSPS) is 25.0. The van der Waals surface area contributed by atoms with E-state index in [2.05, 4.69) is 4.99 Å². The van der Waals surface area contributed by atoms with Crippen molar-refractivity contribution in [2.24, 2.45) is 10.9 Å². The molecule has 0 amide bonds. The molecule has 4 rings (SSSR count). The summed E-state index contributed by atoms with van der Waals surface area (Å²) in [5, 5.41) is 0. The van der Waals surface area contributed by atoms with Gasteiger partial charge in [-0.1, -0.05) is 24.3 Å². The zero-order valence-corrected chi connectivity index (χ0v) is 13.8. The Morgan fingerprint density at radius 1 is 1.00 bits per heavy atom. The van der Waals surface area contributed by atoms with Crippen LogP contribution in [0.15, 0.2) is 47.5 Å². The quantitative estimate of drug-likeness (QED) is 0.690. The van der Waals surface area contributed by atoms with Gasteiger partial charge in [-0.15, -0.1) is 0 Å². The molecular formula is C21H19F2NO. The molecule has 0 spiro atoms. The second-order valence-electron chi connectivity index (χ2n) is 6.89. The molecule has 2 aliphatic rings. The molecule has 1 aliphatic carbocycles. The number of hydrogen-bond acceptors (Lipinski definition) is 2. The first-order valence-electron chi connectivity index (χ1n) is 8.73. The molecule has 1 atom stereocenters. The van der Waals surface area contributed by atoms with Gasteiger partial charge >= 0.3 is 0 Å². The molecule has 0 N–H and O–H groups in total. The number of hydrogen-bond donors (Lipinski definition) is 0. The Bertz CT molecular complexity index is 820. The monoisotopic (exact) mass is 339 g/mol. The highest BCUT2D eigenvalue weighted by Gasteiger charge is 2.28. The van der Waals surface area contributed by atoms with Crippen molar-refractivity contribution in [3.63, 3.8) is 0 Å². The van der Waals surface area contributed by atoms with Gasteiger partial charge in [0.25, 0.3) is 0 Å². The number of carbonyl (C=O) groups excluding carboxylic acids is 1. The lowest BCUT2D eigenvalue weighted by Gasteiger charge is -2.23. The van der Waals surface area contributed by atoms with Gasteiger partial charge in [-0.2, -0.15) is 0 Å². The molecule has 1 saturated carbocycles. The Morgan fingerprint density at radius 3 is 2.44 bits per heavy atom. The number of alkyl halides is 1. The van der Waals surface area contributed by atoms with Crippen molar-refractivity contribution in [1.82, 2.24) is 0 Å². The lowest BCUT2D eigenvalue weighted by atomic mass is 9.82. The Labute approximate surface area is 145 Å². The molecule has 2 aromatic carbocycles. The first-order valence-corrected chi connectivity index (χ1v) is 8.73. The lowest BCUT2D eigenvalue weighted by molar-refractivity contribution is 0.0858. The zero-order valence-electron chi connectivity index (χ0n) is 13.8. The van der Waals surface area contributed by atoms with Crippen molar-refractivity contribution < 1.29 is 13.6 Å². The van der Waals surface area contributed by atoms with E-state index in [1.54, 1.807) is 12.1 Å². The Balaban J connectivity index is 1.56. The first kappa shape index (κ1) is 16.1. The van der Waals surface area contributed by atoms with Crippen LogP contribution in [0.4, 0.5) is 14.5 Å². The first-order chi connectivity index (χ1) is 12.1. The van der Waals surface area contributed by atoms with E-state index >= 15 is 0 Å². The summed E-state index contributed by atoms with van der Waals surface area (Å²) in [5.74, 6) is -0.261. The highest BCUT2D eigenvalue weighted by molar-refractivity contribution is 5.99. The molecule has 1 aliphatic heterocycles. The molecule has 1 unspecified atom stereocenters. The Morgan fingerprint density at radius 2 is 1.72 bits per heavy atom. The largest absolute Gasteiger partial charge is 0.294 e. The van der Waals surface area contributed by atoms with Crippen LogP contribution in [0, 0.1) is 11.7 Å². The number of Topliss-reactive ketones (excluding diaryl/α,β-unsaturated/α-hetero) is 1. The molecule has 4 heteroatoms. The lowest BCUT2D eigenvalue weighted by Crippen LogP contribution is -2.22. The molecule has 0 aromatic heterocycles. The van der Waals surface area contributed by atoms with Gasteiger partial charge in [0.1, 0.15) is 12.0 Å². The van der Waals surface area contributed by atoms with Crippen LogP contribution in [-0.2, 0) is 0 Å². The average molecular weight is 339 g/mol. The van der Waals surface area contributed by atoms with Crippen LogP contribution in [0.3, 0.4) is 0 Å². The van der Waals surface area contributed by atoms with Crippen molar-refractivity contribution in [2.75, 3.05) is 0 Å². The minimum atomic E-state index is -0.759. The van der Waals surface area contributed by atoms with E-state index in [1.165, 1.54) is 12.1 Å². The highest BCUT2D eigenvalue weighted by Crippen LogP contribution is 2.38. The van der Waals surface area contributed by atoms with Crippen LogP contribution in [0.2, 0.25) is 0 Å². The molecule has 2 nitrogen and oxygen atoms in total. The van der Waals surface area contributed by atoms with E-state index in [4.69, 9.17) is 0 Å². The van der Waals surface area contributed by atoms with Crippen LogP contribution < -0.4 is 0 Å². The maximum Gasteiger partial charge on any atom is 0.166 e. The van der Waals surface area contributed by atoms with Gasteiger partial charge < -0.3 is 0 Å². The molecule has 1 heterocycles. The van der Waals surface area contributed by atoms with E-state index in [0.717, 1.165) is 16.8 Å². The fourth-order valence-corrected chi connectivity index (χ4v) is 3.79. The van der Waals surface area contributed by atoms with Crippen LogP contribution in [-0.4, -0.2) is 18.2 Å². The van der Waals surface area contributed by atoms with Crippen LogP contribution in [0.1, 0.15) is 53.1 Å². The van der Waals surface area contributed by atoms with E-state index in [1.807, 2.05) is 24.4 Å². The van der Waals surface area contributed by atoms with E-state index in [0.29, 0.717) is 31.2 Å². The van der Waals surface area contributed by atoms with Crippen LogP contribution in [0.5, 0.6) is 0 Å². The second-order valence-corrected chi connectivity index (χ2v) is 6.89. The third-order valence-corrected chi connectivity index (χ3v) is 5.27. The maximum absolute atomic E-state index is 13.3. The van der Waals surface area contributed by atoms with Crippen molar-refractivity contribution >= 4 is 17.7 Å². The number of nitrogens with zero attached hydrogens (tertiary/aromatic N) is 1. The third kappa shape index (κ3) is 3.13. The average Bonchev–Trinajstić information content (AvgIpc) is 3.05. The zero-order chi connectivity index (χ0) is 17.4. The molecule has 25 heavy (non-hydrogen) atoms. The molecule has 0 radical (unpaired) electrons. The fourth-order valence-electron chi connectivity index (χ4n) is 3.79. The standard InChI is InChI=1S/C21H19F2NO/c22-16-6-1-13(2-7-16)19-12-24-20-11-15(5-10-18(19)20)21(25)14-3-8-17(23)9-4-14/h1-2,5-7,10-12,14,17,19H,3-4,8-9H2. The Kier molecular flexibility index (Phi) is 4.20. The van der Waals surface area contributed by atoms with Gasteiger partial charge in [-0.05, 0) is 55.0 Å².